The summed E-state index contributed by atoms with van der Waals surface area (Å²) in [5.41, 5.74) is -0.697. The summed E-state index contributed by atoms with van der Waals surface area (Å²) in [7, 11) is -3.28. The average Bonchev–Trinajstić information content (AvgIpc) is 2.93. The van der Waals surface area contributed by atoms with Crippen molar-refractivity contribution >= 4 is 16.1 Å². The molecule has 0 unspecified atom stereocenters. The van der Waals surface area contributed by atoms with E-state index in [9.17, 15) is 13.2 Å². The van der Waals surface area contributed by atoms with E-state index in [-0.39, 0.29) is 12.6 Å². The van der Waals surface area contributed by atoms with Crippen LogP contribution >= 0.6 is 0 Å². The van der Waals surface area contributed by atoms with Gasteiger partial charge >= 0.3 is 6.03 Å². The topological polar surface area (TPSA) is 87.3 Å². The molecule has 2 aliphatic carbocycles. The third-order valence-electron chi connectivity index (χ3n) is 4.56. The molecule has 7 heteroatoms. The maximum atomic E-state index is 11.8. The molecule has 2 aliphatic rings. The van der Waals surface area contributed by atoms with E-state index in [0.717, 1.165) is 24.6 Å². The van der Waals surface area contributed by atoms with Gasteiger partial charge in [-0.3, -0.25) is 0 Å². The Kier molecular flexibility index (Phi) is 4.82. The van der Waals surface area contributed by atoms with Crippen LogP contribution in [0.1, 0.15) is 39.5 Å². The fourth-order valence-electron chi connectivity index (χ4n) is 3.75. The van der Waals surface area contributed by atoms with Crippen LogP contribution in [0.5, 0.6) is 0 Å². The molecular weight excluding hydrogens is 290 g/mol. The molecule has 0 aromatic heterocycles. The highest BCUT2D eigenvalue weighted by atomic mass is 32.2. The molecular formula is C14H27N3O3S. The van der Waals surface area contributed by atoms with Crippen LogP contribution in [0.15, 0.2) is 0 Å². The molecule has 0 aromatic carbocycles. The lowest BCUT2D eigenvalue weighted by atomic mass is 9.89. The van der Waals surface area contributed by atoms with Gasteiger partial charge in [-0.25, -0.2) is 17.9 Å². The number of hydrogen-bond acceptors (Lipinski definition) is 3. The lowest BCUT2D eigenvalue weighted by Crippen LogP contribution is -2.53. The Morgan fingerprint density at radius 2 is 1.90 bits per heavy atom. The Hall–Kier alpha value is -0.820. The predicted octanol–water partition coefficient (Wildman–Crippen LogP) is 1.05. The molecule has 3 N–H and O–H groups in total. The molecule has 0 aliphatic heterocycles. The van der Waals surface area contributed by atoms with Gasteiger partial charge in [0.25, 0.3) is 0 Å². The first-order valence-electron chi connectivity index (χ1n) is 7.65. The Labute approximate surface area is 127 Å². The van der Waals surface area contributed by atoms with E-state index in [2.05, 4.69) is 15.4 Å². The highest BCUT2D eigenvalue weighted by Crippen LogP contribution is 2.47. The predicted molar refractivity (Wildman–Crippen MR) is 82.4 cm³/mol. The van der Waals surface area contributed by atoms with Gasteiger partial charge in [-0.2, -0.15) is 0 Å². The molecule has 0 heterocycles. The molecule has 6 nitrogen and oxygen atoms in total. The highest BCUT2D eigenvalue weighted by Gasteiger charge is 2.39. The summed E-state index contributed by atoms with van der Waals surface area (Å²) in [5, 5.41) is 5.65. The third-order valence-corrected chi connectivity index (χ3v) is 5.49. The molecule has 2 fully saturated rings. The van der Waals surface area contributed by atoms with Gasteiger partial charge in [0, 0.05) is 18.6 Å². The molecule has 2 bridgehead atoms. The molecule has 21 heavy (non-hydrogen) atoms. The first-order valence-corrected chi connectivity index (χ1v) is 9.54. The minimum atomic E-state index is -3.28. The number of hydrogen-bond donors (Lipinski definition) is 3. The maximum Gasteiger partial charge on any atom is 0.314 e. The molecule has 0 saturated heterocycles. The van der Waals surface area contributed by atoms with E-state index in [1.165, 1.54) is 25.7 Å². The standard InChI is InChI=1S/C14H27N3O3S/c1-14(2,17-21(3,19)20)9-16-13(18)15-8-12-7-10-4-5-11(12)6-10/h10-12,17H,4-9H2,1-3H3,(H2,15,16,18)/t10-,11-,12+/m0/s1. The SMILES string of the molecule is CC(C)(CNC(=O)NC[C@H]1C[C@H]2CC[C@H]1C2)NS(C)(=O)=O. The van der Waals surface area contributed by atoms with Crippen molar-refractivity contribution in [3.63, 3.8) is 0 Å². The van der Waals surface area contributed by atoms with Crippen molar-refractivity contribution in [2.24, 2.45) is 17.8 Å². The van der Waals surface area contributed by atoms with Gasteiger partial charge in [-0.1, -0.05) is 6.42 Å². The fourth-order valence-corrected chi connectivity index (χ4v) is 4.83. The smallest absolute Gasteiger partial charge is 0.314 e. The van der Waals surface area contributed by atoms with Crippen LogP contribution in [0.2, 0.25) is 0 Å². The number of carbonyl (C=O) groups excluding carboxylic acids is 1. The summed E-state index contributed by atoms with van der Waals surface area (Å²) in [6.45, 7) is 4.46. The zero-order chi connectivity index (χ0) is 15.7. The average molecular weight is 317 g/mol. The first kappa shape index (κ1) is 16.5. The molecule has 0 spiro atoms. The van der Waals surface area contributed by atoms with Crippen molar-refractivity contribution in [1.82, 2.24) is 15.4 Å². The normalized spacial score (nSPS) is 28.6. The summed E-state index contributed by atoms with van der Waals surface area (Å²) in [6, 6.07) is -0.221. The van der Waals surface area contributed by atoms with Crippen LogP contribution < -0.4 is 15.4 Å². The van der Waals surface area contributed by atoms with Crippen LogP contribution in [-0.2, 0) is 10.0 Å². The van der Waals surface area contributed by atoms with Gasteiger partial charge in [0.05, 0.1) is 6.26 Å². The summed E-state index contributed by atoms with van der Waals surface area (Å²) >= 11 is 0. The van der Waals surface area contributed by atoms with Crippen molar-refractivity contribution in [3.8, 4) is 0 Å². The van der Waals surface area contributed by atoms with E-state index < -0.39 is 15.6 Å². The zero-order valence-electron chi connectivity index (χ0n) is 13.1. The van der Waals surface area contributed by atoms with Crippen LogP contribution in [0.4, 0.5) is 4.79 Å². The van der Waals surface area contributed by atoms with Crippen molar-refractivity contribution in [1.29, 1.82) is 0 Å². The van der Waals surface area contributed by atoms with Gasteiger partial charge in [0.1, 0.15) is 0 Å². The van der Waals surface area contributed by atoms with E-state index in [1.54, 1.807) is 13.8 Å². The van der Waals surface area contributed by atoms with E-state index in [4.69, 9.17) is 0 Å². The van der Waals surface area contributed by atoms with Gasteiger partial charge < -0.3 is 10.6 Å². The van der Waals surface area contributed by atoms with E-state index >= 15 is 0 Å². The van der Waals surface area contributed by atoms with Crippen LogP contribution in [0, 0.1) is 17.8 Å². The third kappa shape index (κ3) is 5.14. The van der Waals surface area contributed by atoms with Gasteiger partial charge in [0.2, 0.25) is 10.0 Å². The largest absolute Gasteiger partial charge is 0.338 e. The number of nitrogens with one attached hydrogen (secondary N) is 3. The van der Waals surface area contributed by atoms with Crippen molar-refractivity contribution in [2.45, 2.75) is 45.1 Å². The van der Waals surface area contributed by atoms with Gasteiger partial charge in [-0.05, 0) is 50.9 Å². The number of fused-ring (bicyclic) bond motifs is 2. The molecule has 2 rings (SSSR count). The molecule has 0 aromatic rings. The number of urea groups is 1. The van der Waals surface area contributed by atoms with Crippen molar-refractivity contribution < 1.29 is 13.2 Å². The van der Waals surface area contributed by atoms with Crippen molar-refractivity contribution in [2.75, 3.05) is 19.3 Å². The number of carbonyl (C=O) groups is 1. The first-order chi connectivity index (χ1) is 9.65. The van der Waals surface area contributed by atoms with E-state index in [1.807, 2.05) is 0 Å². The second kappa shape index (κ2) is 6.12. The Morgan fingerprint density at radius 3 is 2.43 bits per heavy atom. The lowest BCUT2D eigenvalue weighted by molar-refractivity contribution is 0.231. The second-order valence-corrected chi connectivity index (χ2v) is 9.01. The van der Waals surface area contributed by atoms with E-state index in [0.29, 0.717) is 5.92 Å². The van der Waals surface area contributed by atoms with Crippen LogP contribution in [-0.4, -0.2) is 39.3 Å². The van der Waals surface area contributed by atoms with Gasteiger partial charge in [0.15, 0.2) is 0 Å². The number of rotatable bonds is 6. The Bertz CT molecular complexity index is 490. The summed E-state index contributed by atoms with van der Waals surface area (Å²) < 4.78 is 24.9. The molecule has 3 atom stereocenters. The summed E-state index contributed by atoms with van der Waals surface area (Å²) in [5.74, 6) is 2.29. The molecule has 2 amide bonds. The number of sulfonamides is 1. The quantitative estimate of drug-likeness (QED) is 0.684. The molecule has 0 radical (unpaired) electrons. The van der Waals surface area contributed by atoms with Gasteiger partial charge in [-0.15, -0.1) is 0 Å². The molecule has 2 saturated carbocycles. The molecule has 122 valence electrons. The maximum absolute atomic E-state index is 11.8. The fraction of sp³-hybridized carbons (Fsp3) is 0.929. The summed E-state index contributed by atoms with van der Waals surface area (Å²) in [6.07, 6.45) is 6.36. The zero-order valence-corrected chi connectivity index (χ0v) is 13.9. The van der Waals surface area contributed by atoms with Crippen LogP contribution in [0.3, 0.4) is 0 Å². The minimum Gasteiger partial charge on any atom is -0.338 e. The minimum absolute atomic E-state index is 0.221. The highest BCUT2D eigenvalue weighted by molar-refractivity contribution is 7.88. The van der Waals surface area contributed by atoms with Crippen molar-refractivity contribution in [3.05, 3.63) is 0 Å². The Morgan fingerprint density at radius 1 is 1.19 bits per heavy atom. The number of amides is 2. The second-order valence-electron chi connectivity index (χ2n) is 7.26. The monoisotopic (exact) mass is 317 g/mol. The Balaban J connectivity index is 1.68. The van der Waals surface area contributed by atoms with Crippen LogP contribution in [0.25, 0.3) is 0 Å². The summed E-state index contributed by atoms with van der Waals surface area (Å²) in [4.78, 5) is 11.8. The lowest BCUT2D eigenvalue weighted by Gasteiger charge is -2.26.